The van der Waals surface area contributed by atoms with E-state index in [1.54, 1.807) is 0 Å². The van der Waals surface area contributed by atoms with Gasteiger partial charge in [-0.3, -0.25) is 4.79 Å². The topological polar surface area (TPSA) is 29.1 Å². The van der Waals surface area contributed by atoms with Crippen LogP contribution in [0.5, 0.6) is 0 Å². The molecule has 0 radical (unpaired) electrons. The summed E-state index contributed by atoms with van der Waals surface area (Å²) in [5.74, 6) is -0.0190. The van der Waals surface area contributed by atoms with Gasteiger partial charge < -0.3 is 5.32 Å². The van der Waals surface area contributed by atoms with E-state index in [0.29, 0.717) is 5.56 Å². The molecular weight excluding hydrogens is 250 g/mol. The molecule has 0 fully saturated rings. The Labute approximate surface area is 90.5 Å². The Bertz CT molecular complexity index is 314. The third kappa shape index (κ3) is 3.48. The van der Waals surface area contributed by atoms with Crippen molar-refractivity contribution in [2.24, 2.45) is 0 Å². The SMILES string of the molecule is CC(C)(C)NC(=O)c1csc(Br)c1. The molecule has 4 heteroatoms. The van der Waals surface area contributed by atoms with E-state index in [9.17, 15) is 4.79 Å². The molecule has 13 heavy (non-hydrogen) atoms. The molecule has 0 aliphatic rings. The number of hydrogen-bond acceptors (Lipinski definition) is 2. The van der Waals surface area contributed by atoms with Gasteiger partial charge in [-0.15, -0.1) is 11.3 Å². The van der Waals surface area contributed by atoms with Crippen LogP contribution in [0, 0.1) is 0 Å². The Morgan fingerprint density at radius 1 is 1.54 bits per heavy atom. The lowest BCUT2D eigenvalue weighted by Gasteiger charge is -2.19. The highest BCUT2D eigenvalue weighted by Crippen LogP contribution is 2.20. The van der Waals surface area contributed by atoms with Crippen LogP contribution in [0.4, 0.5) is 0 Å². The summed E-state index contributed by atoms with van der Waals surface area (Å²) >= 11 is 4.83. The van der Waals surface area contributed by atoms with Gasteiger partial charge in [0.25, 0.3) is 5.91 Å². The quantitative estimate of drug-likeness (QED) is 0.828. The summed E-state index contributed by atoms with van der Waals surface area (Å²) in [6.07, 6.45) is 0. The highest BCUT2D eigenvalue weighted by Gasteiger charge is 2.15. The van der Waals surface area contributed by atoms with E-state index in [1.807, 2.05) is 32.2 Å². The van der Waals surface area contributed by atoms with Crippen LogP contribution in [0.2, 0.25) is 0 Å². The maximum Gasteiger partial charge on any atom is 0.252 e. The molecule has 1 N–H and O–H groups in total. The zero-order valence-electron chi connectivity index (χ0n) is 7.85. The minimum atomic E-state index is -0.175. The van der Waals surface area contributed by atoms with Crippen LogP contribution in [0.15, 0.2) is 15.2 Å². The maximum absolute atomic E-state index is 11.5. The number of halogens is 1. The van der Waals surface area contributed by atoms with Gasteiger partial charge in [0, 0.05) is 10.9 Å². The number of amides is 1. The van der Waals surface area contributed by atoms with E-state index in [4.69, 9.17) is 0 Å². The number of carbonyl (C=O) groups excluding carboxylic acids is 1. The van der Waals surface area contributed by atoms with Crippen LogP contribution in [-0.4, -0.2) is 11.4 Å². The molecule has 0 saturated heterocycles. The number of carbonyl (C=O) groups is 1. The van der Waals surface area contributed by atoms with Crippen LogP contribution in [0.1, 0.15) is 31.1 Å². The third-order valence-corrected chi connectivity index (χ3v) is 2.82. The van der Waals surface area contributed by atoms with Crippen molar-refractivity contribution in [3.8, 4) is 0 Å². The average Bonchev–Trinajstić information content (AvgIpc) is 2.31. The average molecular weight is 262 g/mol. The van der Waals surface area contributed by atoms with Gasteiger partial charge in [-0.05, 0) is 42.8 Å². The summed E-state index contributed by atoms with van der Waals surface area (Å²) in [5.41, 5.74) is 0.540. The summed E-state index contributed by atoms with van der Waals surface area (Å²) in [4.78, 5) is 11.5. The lowest BCUT2D eigenvalue weighted by molar-refractivity contribution is 0.0920. The van der Waals surface area contributed by atoms with Gasteiger partial charge in [0.1, 0.15) is 0 Å². The molecule has 0 spiro atoms. The van der Waals surface area contributed by atoms with Crippen LogP contribution in [0.3, 0.4) is 0 Å². The van der Waals surface area contributed by atoms with Crippen molar-refractivity contribution in [1.82, 2.24) is 5.32 Å². The first-order valence-electron chi connectivity index (χ1n) is 3.95. The largest absolute Gasteiger partial charge is 0.347 e. The Balaban J connectivity index is 2.70. The fourth-order valence-electron chi connectivity index (χ4n) is 0.842. The molecule has 0 bridgehead atoms. The first kappa shape index (κ1) is 10.7. The molecule has 72 valence electrons. The van der Waals surface area contributed by atoms with Gasteiger partial charge >= 0.3 is 0 Å². The molecule has 0 unspecified atom stereocenters. The lowest BCUT2D eigenvalue weighted by atomic mass is 10.1. The van der Waals surface area contributed by atoms with E-state index in [-0.39, 0.29) is 11.4 Å². The fraction of sp³-hybridized carbons (Fsp3) is 0.444. The molecular formula is C9H12BrNOS. The smallest absolute Gasteiger partial charge is 0.252 e. The predicted octanol–water partition coefficient (Wildman–Crippen LogP) is 3.04. The molecule has 2 nitrogen and oxygen atoms in total. The Morgan fingerprint density at radius 3 is 2.54 bits per heavy atom. The minimum absolute atomic E-state index is 0.0190. The zero-order valence-corrected chi connectivity index (χ0v) is 10.3. The van der Waals surface area contributed by atoms with E-state index >= 15 is 0 Å². The molecule has 0 atom stereocenters. The normalized spacial score (nSPS) is 11.4. The molecule has 0 aliphatic carbocycles. The van der Waals surface area contributed by atoms with Crippen LogP contribution in [-0.2, 0) is 0 Å². The first-order valence-corrected chi connectivity index (χ1v) is 5.62. The second-order valence-electron chi connectivity index (χ2n) is 3.84. The van der Waals surface area contributed by atoms with E-state index in [2.05, 4.69) is 21.2 Å². The van der Waals surface area contributed by atoms with Crippen molar-refractivity contribution >= 4 is 33.2 Å². The van der Waals surface area contributed by atoms with Crippen molar-refractivity contribution in [3.63, 3.8) is 0 Å². The van der Waals surface area contributed by atoms with Crippen LogP contribution < -0.4 is 5.32 Å². The standard InChI is InChI=1S/C9H12BrNOS/c1-9(2,3)11-8(12)6-4-7(10)13-5-6/h4-5H,1-3H3,(H,11,12). The zero-order chi connectivity index (χ0) is 10.1. The molecule has 1 rings (SSSR count). The summed E-state index contributed by atoms with van der Waals surface area (Å²) < 4.78 is 0.978. The number of thiophene rings is 1. The lowest BCUT2D eigenvalue weighted by Crippen LogP contribution is -2.40. The van der Waals surface area contributed by atoms with Crippen molar-refractivity contribution in [1.29, 1.82) is 0 Å². The maximum atomic E-state index is 11.5. The highest BCUT2D eigenvalue weighted by atomic mass is 79.9. The second kappa shape index (κ2) is 3.80. The monoisotopic (exact) mass is 261 g/mol. The Hall–Kier alpha value is -0.350. The minimum Gasteiger partial charge on any atom is -0.347 e. The molecule has 1 heterocycles. The Morgan fingerprint density at radius 2 is 2.15 bits per heavy atom. The van der Waals surface area contributed by atoms with Gasteiger partial charge in [0.2, 0.25) is 0 Å². The first-order chi connectivity index (χ1) is 5.88. The fourth-order valence-corrected chi connectivity index (χ4v) is 1.98. The summed E-state index contributed by atoms with van der Waals surface area (Å²) in [7, 11) is 0. The molecule has 0 aliphatic heterocycles. The predicted molar refractivity (Wildman–Crippen MR) is 59.2 cm³/mol. The molecule has 1 aromatic heterocycles. The second-order valence-corrected chi connectivity index (χ2v) is 6.13. The molecule has 1 aromatic rings. The van der Waals surface area contributed by atoms with Crippen LogP contribution in [0.25, 0.3) is 0 Å². The van der Waals surface area contributed by atoms with Gasteiger partial charge in [0.15, 0.2) is 0 Å². The van der Waals surface area contributed by atoms with Crippen LogP contribution >= 0.6 is 27.3 Å². The summed E-state index contributed by atoms with van der Waals surface area (Å²) in [5, 5.41) is 4.73. The van der Waals surface area contributed by atoms with Crippen molar-refractivity contribution in [3.05, 3.63) is 20.8 Å². The van der Waals surface area contributed by atoms with Gasteiger partial charge in [0.05, 0.1) is 9.35 Å². The Kier molecular flexibility index (Phi) is 3.14. The highest BCUT2D eigenvalue weighted by molar-refractivity contribution is 9.11. The van der Waals surface area contributed by atoms with Gasteiger partial charge in [-0.2, -0.15) is 0 Å². The van der Waals surface area contributed by atoms with E-state index in [1.165, 1.54) is 11.3 Å². The van der Waals surface area contributed by atoms with Crippen molar-refractivity contribution in [2.75, 3.05) is 0 Å². The van der Waals surface area contributed by atoms with Crippen molar-refractivity contribution in [2.45, 2.75) is 26.3 Å². The third-order valence-electron chi connectivity index (χ3n) is 1.32. The van der Waals surface area contributed by atoms with Gasteiger partial charge in [-0.25, -0.2) is 0 Å². The van der Waals surface area contributed by atoms with E-state index < -0.39 is 0 Å². The van der Waals surface area contributed by atoms with Crippen molar-refractivity contribution < 1.29 is 4.79 Å². The number of rotatable bonds is 1. The van der Waals surface area contributed by atoms with E-state index in [0.717, 1.165) is 3.79 Å². The summed E-state index contributed by atoms with van der Waals surface area (Å²) in [6, 6.07) is 1.83. The molecule has 0 aromatic carbocycles. The molecule has 0 saturated carbocycles. The number of nitrogens with one attached hydrogen (secondary N) is 1. The molecule has 1 amide bonds. The van der Waals surface area contributed by atoms with Gasteiger partial charge in [-0.1, -0.05) is 0 Å². The summed E-state index contributed by atoms with van der Waals surface area (Å²) in [6.45, 7) is 5.89. The number of hydrogen-bond donors (Lipinski definition) is 1.